The average molecular weight is 348 g/mol. The first-order valence-electron chi connectivity index (χ1n) is 7.53. The molecule has 8 heteroatoms. The number of para-hydroxylation sites is 1. The normalized spacial score (nSPS) is 10.6. The minimum Gasteiger partial charge on any atom is -0.349 e. The molecule has 1 aromatic heterocycles. The second kappa shape index (κ2) is 8.29. The summed E-state index contributed by atoms with van der Waals surface area (Å²) < 4.78 is 27.2. The number of amides is 2. The molecule has 6 nitrogen and oxygen atoms in total. The zero-order valence-electron chi connectivity index (χ0n) is 13.8. The quantitative estimate of drug-likeness (QED) is 0.836. The van der Waals surface area contributed by atoms with E-state index in [9.17, 15) is 18.4 Å². The van der Waals surface area contributed by atoms with Crippen LogP contribution in [0.3, 0.4) is 0 Å². The predicted molar refractivity (Wildman–Crippen MR) is 89.4 cm³/mol. The molecule has 2 rings (SSSR count). The maximum absolute atomic E-state index is 13.6. The molecule has 2 amide bonds. The number of carbonyl (C=O) groups is 2. The van der Waals surface area contributed by atoms with Gasteiger partial charge in [-0.2, -0.15) is 0 Å². The van der Waals surface area contributed by atoms with Gasteiger partial charge in [0.2, 0.25) is 0 Å². The number of aromatic nitrogens is 1. The number of likely N-dealkylation sites (N-methyl/N-ethyl adjacent to an activating group) is 1. The standard InChI is InChI=1S/C17H18F2N4O2/c1-23(2)9-8-21-17(25)14-10-11(6-7-20-14)16(24)22-15-12(18)4-3-5-13(15)19/h3-7,10H,8-9H2,1-2H3,(H,21,25)(H,22,24). The first-order valence-corrected chi connectivity index (χ1v) is 7.53. The summed E-state index contributed by atoms with van der Waals surface area (Å²) in [5, 5.41) is 4.83. The Morgan fingerprint density at radius 2 is 1.80 bits per heavy atom. The van der Waals surface area contributed by atoms with Crippen LogP contribution in [-0.4, -0.2) is 48.9 Å². The van der Waals surface area contributed by atoms with Crippen molar-refractivity contribution in [2.45, 2.75) is 0 Å². The van der Waals surface area contributed by atoms with E-state index in [4.69, 9.17) is 0 Å². The first-order chi connectivity index (χ1) is 11.9. The molecular formula is C17H18F2N4O2. The average Bonchev–Trinajstić information content (AvgIpc) is 2.58. The largest absolute Gasteiger partial charge is 0.349 e. The van der Waals surface area contributed by atoms with Gasteiger partial charge in [0.15, 0.2) is 0 Å². The van der Waals surface area contributed by atoms with Crippen molar-refractivity contribution in [2.75, 3.05) is 32.5 Å². The van der Waals surface area contributed by atoms with E-state index in [0.717, 1.165) is 12.1 Å². The van der Waals surface area contributed by atoms with E-state index in [1.165, 1.54) is 24.4 Å². The van der Waals surface area contributed by atoms with Crippen molar-refractivity contribution in [1.29, 1.82) is 0 Å². The summed E-state index contributed by atoms with van der Waals surface area (Å²) in [6.45, 7) is 1.07. The molecule has 132 valence electrons. The Hall–Kier alpha value is -2.87. The van der Waals surface area contributed by atoms with Crippen LogP contribution >= 0.6 is 0 Å². The lowest BCUT2D eigenvalue weighted by atomic mass is 10.2. The van der Waals surface area contributed by atoms with Gasteiger partial charge in [0.05, 0.1) is 0 Å². The van der Waals surface area contributed by atoms with Crippen LogP contribution in [0, 0.1) is 11.6 Å². The summed E-state index contributed by atoms with van der Waals surface area (Å²) in [4.78, 5) is 30.0. The third kappa shape index (κ3) is 5.05. The minimum absolute atomic E-state index is 0.0420. The molecule has 0 fully saturated rings. The number of anilines is 1. The van der Waals surface area contributed by atoms with Crippen molar-refractivity contribution in [1.82, 2.24) is 15.2 Å². The molecule has 0 unspecified atom stereocenters. The van der Waals surface area contributed by atoms with Crippen molar-refractivity contribution in [3.05, 3.63) is 59.4 Å². The second-order valence-corrected chi connectivity index (χ2v) is 5.54. The van der Waals surface area contributed by atoms with Crippen LogP contribution < -0.4 is 10.6 Å². The van der Waals surface area contributed by atoms with Crippen LogP contribution in [0.15, 0.2) is 36.5 Å². The molecule has 1 aromatic carbocycles. The summed E-state index contributed by atoms with van der Waals surface area (Å²) in [7, 11) is 3.74. The number of hydrogen-bond donors (Lipinski definition) is 2. The van der Waals surface area contributed by atoms with Gasteiger partial charge in [-0.15, -0.1) is 0 Å². The topological polar surface area (TPSA) is 74.3 Å². The van der Waals surface area contributed by atoms with Gasteiger partial charge in [-0.1, -0.05) is 6.07 Å². The molecule has 1 heterocycles. The Bertz CT molecular complexity index is 761. The van der Waals surface area contributed by atoms with E-state index < -0.39 is 29.1 Å². The fraction of sp³-hybridized carbons (Fsp3) is 0.235. The summed E-state index contributed by atoms with van der Waals surface area (Å²) in [5.74, 6) is -2.95. The number of hydrogen-bond acceptors (Lipinski definition) is 4. The number of halogens is 2. The molecule has 0 radical (unpaired) electrons. The number of benzene rings is 1. The van der Waals surface area contributed by atoms with Crippen molar-refractivity contribution < 1.29 is 18.4 Å². The number of rotatable bonds is 6. The summed E-state index contributed by atoms with van der Waals surface area (Å²) in [6.07, 6.45) is 1.29. The Balaban J connectivity index is 2.10. The molecule has 0 aliphatic heterocycles. The van der Waals surface area contributed by atoms with Crippen LogP contribution in [0.2, 0.25) is 0 Å². The predicted octanol–water partition coefficient (Wildman–Crippen LogP) is 1.90. The van der Waals surface area contributed by atoms with Crippen molar-refractivity contribution >= 4 is 17.5 Å². The zero-order chi connectivity index (χ0) is 18.4. The number of pyridine rings is 1. The van der Waals surface area contributed by atoms with Crippen LogP contribution in [0.4, 0.5) is 14.5 Å². The van der Waals surface area contributed by atoms with Gasteiger partial charge < -0.3 is 15.5 Å². The lowest BCUT2D eigenvalue weighted by molar-refractivity contribution is 0.0946. The zero-order valence-corrected chi connectivity index (χ0v) is 13.8. The first kappa shape index (κ1) is 18.5. The van der Waals surface area contributed by atoms with E-state index >= 15 is 0 Å². The highest BCUT2D eigenvalue weighted by Gasteiger charge is 2.15. The maximum atomic E-state index is 13.6. The number of carbonyl (C=O) groups excluding carboxylic acids is 2. The van der Waals surface area contributed by atoms with Gasteiger partial charge in [0.25, 0.3) is 11.8 Å². The summed E-state index contributed by atoms with van der Waals surface area (Å²) >= 11 is 0. The van der Waals surface area contributed by atoms with E-state index in [0.29, 0.717) is 13.1 Å². The SMILES string of the molecule is CN(C)CCNC(=O)c1cc(C(=O)Nc2c(F)cccc2F)ccn1. The third-order valence-corrected chi connectivity index (χ3v) is 3.30. The summed E-state index contributed by atoms with van der Waals surface area (Å²) in [5.41, 5.74) is -0.433. The highest BCUT2D eigenvalue weighted by molar-refractivity contribution is 6.05. The van der Waals surface area contributed by atoms with Crippen LogP contribution in [0.5, 0.6) is 0 Å². The molecule has 0 atom stereocenters. The Labute approximate surface area is 143 Å². The van der Waals surface area contributed by atoms with Gasteiger partial charge in [0.1, 0.15) is 23.0 Å². The fourth-order valence-electron chi connectivity index (χ4n) is 1.98. The highest BCUT2D eigenvalue weighted by Crippen LogP contribution is 2.19. The monoisotopic (exact) mass is 348 g/mol. The minimum atomic E-state index is -0.885. The maximum Gasteiger partial charge on any atom is 0.269 e. The van der Waals surface area contributed by atoms with E-state index in [1.54, 1.807) is 0 Å². The van der Waals surface area contributed by atoms with E-state index in [-0.39, 0.29) is 11.3 Å². The number of nitrogens with one attached hydrogen (secondary N) is 2. The Morgan fingerprint density at radius 1 is 1.12 bits per heavy atom. The smallest absolute Gasteiger partial charge is 0.269 e. The molecule has 0 aliphatic carbocycles. The Morgan fingerprint density at radius 3 is 2.44 bits per heavy atom. The molecule has 2 N–H and O–H groups in total. The summed E-state index contributed by atoms with van der Waals surface area (Å²) in [6, 6.07) is 5.89. The van der Waals surface area contributed by atoms with Crippen molar-refractivity contribution in [2.24, 2.45) is 0 Å². The van der Waals surface area contributed by atoms with Gasteiger partial charge >= 0.3 is 0 Å². The molecule has 0 saturated heterocycles. The van der Waals surface area contributed by atoms with Gasteiger partial charge in [-0.3, -0.25) is 14.6 Å². The van der Waals surface area contributed by atoms with E-state index in [2.05, 4.69) is 15.6 Å². The molecule has 0 aliphatic rings. The fourth-order valence-corrected chi connectivity index (χ4v) is 1.98. The second-order valence-electron chi connectivity index (χ2n) is 5.54. The van der Waals surface area contributed by atoms with Crippen LogP contribution in [0.1, 0.15) is 20.8 Å². The lowest BCUT2D eigenvalue weighted by Gasteiger charge is -2.11. The van der Waals surface area contributed by atoms with Gasteiger partial charge in [-0.05, 0) is 38.4 Å². The van der Waals surface area contributed by atoms with Crippen molar-refractivity contribution in [3.63, 3.8) is 0 Å². The molecule has 0 saturated carbocycles. The molecule has 0 spiro atoms. The third-order valence-electron chi connectivity index (χ3n) is 3.30. The number of nitrogens with zero attached hydrogens (tertiary/aromatic N) is 2. The lowest BCUT2D eigenvalue weighted by Crippen LogP contribution is -2.32. The highest BCUT2D eigenvalue weighted by atomic mass is 19.1. The van der Waals surface area contributed by atoms with Crippen LogP contribution in [-0.2, 0) is 0 Å². The molecular weight excluding hydrogens is 330 g/mol. The van der Waals surface area contributed by atoms with Gasteiger partial charge in [0, 0.05) is 24.8 Å². The van der Waals surface area contributed by atoms with Gasteiger partial charge in [-0.25, -0.2) is 8.78 Å². The molecule has 2 aromatic rings. The van der Waals surface area contributed by atoms with Crippen molar-refractivity contribution in [3.8, 4) is 0 Å². The van der Waals surface area contributed by atoms with Crippen LogP contribution in [0.25, 0.3) is 0 Å². The molecule has 25 heavy (non-hydrogen) atoms. The Kier molecular flexibility index (Phi) is 6.13. The van der Waals surface area contributed by atoms with E-state index in [1.807, 2.05) is 19.0 Å². The molecule has 0 bridgehead atoms.